The maximum atomic E-state index is 5.59. The first-order valence-corrected chi connectivity index (χ1v) is 3.24. The molecule has 0 saturated carbocycles. The first-order chi connectivity index (χ1) is 4.04. The topological polar surface area (TPSA) is 52.0 Å². The molecule has 0 spiro atoms. The lowest BCUT2D eigenvalue weighted by Crippen LogP contribution is -2.28. The van der Waals surface area contributed by atoms with Gasteiger partial charge in [-0.2, -0.15) is 0 Å². The van der Waals surface area contributed by atoms with Crippen LogP contribution in [0.25, 0.3) is 0 Å². The predicted molar refractivity (Wildman–Crippen MR) is 40.8 cm³/mol. The van der Waals surface area contributed by atoms with Crippen LogP contribution < -0.4 is 11.5 Å². The quantitative estimate of drug-likeness (QED) is 0.591. The zero-order valence-electron chi connectivity index (χ0n) is 6.22. The van der Waals surface area contributed by atoms with Gasteiger partial charge in [-0.05, 0) is 12.3 Å². The summed E-state index contributed by atoms with van der Waals surface area (Å²) in [5.74, 6) is 0.597. The largest absolute Gasteiger partial charge is 0.401 e. The van der Waals surface area contributed by atoms with E-state index in [2.05, 4.69) is 20.4 Å². The SMILES string of the molecule is C=C(N)[C@@H](N)CC(C)C. The van der Waals surface area contributed by atoms with Crippen LogP contribution in [0.5, 0.6) is 0 Å². The van der Waals surface area contributed by atoms with E-state index in [1.165, 1.54) is 0 Å². The highest BCUT2D eigenvalue weighted by molar-refractivity contribution is 4.97. The lowest BCUT2D eigenvalue weighted by atomic mass is 10.0. The Labute approximate surface area is 56.9 Å². The zero-order chi connectivity index (χ0) is 7.44. The number of rotatable bonds is 3. The summed E-state index contributed by atoms with van der Waals surface area (Å²) in [6.45, 7) is 7.79. The van der Waals surface area contributed by atoms with Gasteiger partial charge in [-0.3, -0.25) is 0 Å². The molecule has 0 aliphatic heterocycles. The van der Waals surface area contributed by atoms with Gasteiger partial charge in [0.15, 0.2) is 0 Å². The molecule has 9 heavy (non-hydrogen) atoms. The molecule has 0 amide bonds. The van der Waals surface area contributed by atoms with Crippen molar-refractivity contribution in [2.24, 2.45) is 17.4 Å². The van der Waals surface area contributed by atoms with Crippen molar-refractivity contribution < 1.29 is 0 Å². The minimum absolute atomic E-state index is 0.0231. The van der Waals surface area contributed by atoms with E-state index < -0.39 is 0 Å². The maximum absolute atomic E-state index is 5.59. The Morgan fingerprint density at radius 1 is 1.56 bits per heavy atom. The molecule has 0 fully saturated rings. The summed E-state index contributed by atoms with van der Waals surface area (Å²) >= 11 is 0. The van der Waals surface area contributed by atoms with E-state index in [1.807, 2.05) is 0 Å². The first kappa shape index (κ1) is 8.50. The third-order valence-electron chi connectivity index (χ3n) is 1.20. The monoisotopic (exact) mass is 128 g/mol. The molecular formula is C7H16N2. The number of hydrogen-bond donors (Lipinski definition) is 2. The van der Waals surface area contributed by atoms with Gasteiger partial charge in [0.25, 0.3) is 0 Å². The average molecular weight is 128 g/mol. The summed E-state index contributed by atoms with van der Waals surface area (Å²) < 4.78 is 0. The van der Waals surface area contributed by atoms with Gasteiger partial charge in [-0.15, -0.1) is 0 Å². The van der Waals surface area contributed by atoms with Crippen LogP contribution in [0.4, 0.5) is 0 Å². The predicted octanol–water partition coefficient (Wildman–Crippen LogP) is 0.832. The van der Waals surface area contributed by atoms with E-state index in [0.29, 0.717) is 11.6 Å². The summed E-state index contributed by atoms with van der Waals surface area (Å²) in [5, 5.41) is 0. The van der Waals surface area contributed by atoms with E-state index in [-0.39, 0.29) is 6.04 Å². The van der Waals surface area contributed by atoms with Crippen LogP contribution in [-0.2, 0) is 0 Å². The molecule has 0 heterocycles. The molecule has 0 aromatic rings. The lowest BCUT2D eigenvalue weighted by Gasteiger charge is -2.12. The van der Waals surface area contributed by atoms with Crippen molar-refractivity contribution in [3.05, 3.63) is 12.3 Å². The van der Waals surface area contributed by atoms with Gasteiger partial charge in [-0.25, -0.2) is 0 Å². The van der Waals surface area contributed by atoms with Crippen molar-refractivity contribution in [1.29, 1.82) is 0 Å². The normalized spacial score (nSPS) is 13.8. The van der Waals surface area contributed by atoms with E-state index in [0.717, 1.165) is 6.42 Å². The molecule has 0 radical (unpaired) electrons. The fourth-order valence-corrected chi connectivity index (χ4v) is 0.659. The molecule has 0 unspecified atom stereocenters. The first-order valence-electron chi connectivity index (χ1n) is 3.24. The molecule has 0 aromatic carbocycles. The Bertz CT molecular complexity index is 97.1. The standard InChI is InChI=1S/C7H16N2/c1-5(2)4-7(9)6(3)8/h5,7H,3-4,8-9H2,1-2H3/t7-/m0/s1. The van der Waals surface area contributed by atoms with Crippen molar-refractivity contribution >= 4 is 0 Å². The smallest absolute Gasteiger partial charge is 0.0438 e. The van der Waals surface area contributed by atoms with Crippen molar-refractivity contribution in [2.75, 3.05) is 0 Å². The molecule has 2 heteroatoms. The Morgan fingerprint density at radius 3 is 2.11 bits per heavy atom. The molecule has 0 rings (SSSR count). The highest BCUT2D eigenvalue weighted by Gasteiger charge is 2.04. The van der Waals surface area contributed by atoms with Crippen LogP contribution in [0, 0.1) is 5.92 Å². The Morgan fingerprint density at radius 2 is 2.00 bits per heavy atom. The Kier molecular flexibility index (Phi) is 3.32. The Hall–Kier alpha value is -0.500. The summed E-state index contributed by atoms with van der Waals surface area (Å²) in [5.41, 5.74) is 11.5. The minimum Gasteiger partial charge on any atom is -0.401 e. The molecular weight excluding hydrogens is 112 g/mol. The lowest BCUT2D eigenvalue weighted by molar-refractivity contribution is 0.531. The highest BCUT2D eigenvalue weighted by Crippen LogP contribution is 2.04. The third-order valence-corrected chi connectivity index (χ3v) is 1.20. The average Bonchev–Trinajstić information content (AvgIpc) is 1.63. The second-order valence-electron chi connectivity index (χ2n) is 2.81. The summed E-state index contributed by atoms with van der Waals surface area (Å²) in [4.78, 5) is 0. The molecule has 54 valence electrons. The van der Waals surface area contributed by atoms with Gasteiger partial charge in [0.2, 0.25) is 0 Å². The van der Waals surface area contributed by atoms with Gasteiger partial charge in [0.1, 0.15) is 0 Å². The molecule has 0 aromatic heterocycles. The fraction of sp³-hybridized carbons (Fsp3) is 0.714. The molecule has 0 bridgehead atoms. The number of hydrogen-bond acceptors (Lipinski definition) is 2. The summed E-state index contributed by atoms with van der Waals surface area (Å²) in [7, 11) is 0. The molecule has 2 nitrogen and oxygen atoms in total. The van der Waals surface area contributed by atoms with E-state index >= 15 is 0 Å². The van der Waals surface area contributed by atoms with Crippen molar-refractivity contribution in [3.8, 4) is 0 Å². The van der Waals surface area contributed by atoms with Crippen LogP contribution in [0.1, 0.15) is 20.3 Å². The highest BCUT2D eigenvalue weighted by atomic mass is 14.7. The van der Waals surface area contributed by atoms with Gasteiger partial charge in [0, 0.05) is 11.7 Å². The molecule has 0 saturated heterocycles. The van der Waals surface area contributed by atoms with Crippen LogP contribution in [0.15, 0.2) is 12.3 Å². The fourth-order valence-electron chi connectivity index (χ4n) is 0.659. The van der Waals surface area contributed by atoms with Crippen molar-refractivity contribution in [3.63, 3.8) is 0 Å². The van der Waals surface area contributed by atoms with Crippen LogP contribution >= 0.6 is 0 Å². The van der Waals surface area contributed by atoms with Crippen LogP contribution in [0.2, 0.25) is 0 Å². The second-order valence-corrected chi connectivity index (χ2v) is 2.81. The van der Waals surface area contributed by atoms with Gasteiger partial charge >= 0.3 is 0 Å². The van der Waals surface area contributed by atoms with E-state index in [9.17, 15) is 0 Å². The van der Waals surface area contributed by atoms with Gasteiger partial charge in [0.05, 0.1) is 0 Å². The van der Waals surface area contributed by atoms with E-state index in [4.69, 9.17) is 11.5 Å². The maximum Gasteiger partial charge on any atom is 0.0438 e. The molecule has 0 aliphatic rings. The third kappa shape index (κ3) is 4.03. The second kappa shape index (κ2) is 3.51. The van der Waals surface area contributed by atoms with E-state index in [1.54, 1.807) is 0 Å². The Balaban J connectivity index is 3.50. The van der Waals surface area contributed by atoms with Crippen LogP contribution in [0.3, 0.4) is 0 Å². The minimum atomic E-state index is -0.0231. The van der Waals surface area contributed by atoms with Crippen molar-refractivity contribution in [1.82, 2.24) is 0 Å². The van der Waals surface area contributed by atoms with Gasteiger partial charge in [-0.1, -0.05) is 20.4 Å². The molecule has 1 atom stereocenters. The summed E-state index contributed by atoms with van der Waals surface area (Å²) in [6, 6.07) is -0.0231. The van der Waals surface area contributed by atoms with Crippen LogP contribution in [-0.4, -0.2) is 6.04 Å². The van der Waals surface area contributed by atoms with Gasteiger partial charge < -0.3 is 11.5 Å². The molecule has 0 aliphatic carbocycles. The summed E-state index contributed by atoms with van der Waals surface area (Å²) in [6.07, 6.45) is 0.926. The molecule has 4 N–H and O–H groups in total. The van der Waals surface area contributed by atoms with Crippen molar-refractivity contribution in [2.45, 2.75) is 26.3 Å². The number of nitrogens with two attached hydrogens (primary N) is 2. The zero-order valence-corrected chi connectivity index (χ0v) is 6.22.